The van der Waals surface area contributed by atoms with Crippen LogP contribution in [0.2, 0.25) is 0 Å². The number of hydrogen-bond acceptors (Lipinski definition) is 3. The van der Waals surface area contributed by atoms with E-state index in [1.54, 1.807) is 31.4 Å². The van der Waals surface area contributed by atoms with Crippen molar-refractivity contribution in [2.75, 3.05) is 0 Å². The highest BCUT2D eigenvalue weighted by Gasteiger charge is 2.13. The van der Waals surface area contributed by atoms with Crippen LogP contribution >= 0.6 is 0 Å². The van der Waals surface area contributed by atoms with Crippen molar-refractivity contribution in [2.45, 2.75) is 6.92 Å². The first kappa shape index (κ1) is 10.2. The fourth-order valence-corrected chi connectivity index (χ4v) is 1.41. The Bertz CT molecular complexity index is 523. The fourth-order valence-electron chi connectivity index (χ4n) is 1.41. The predicted molar refractivity (Wildman–Crippen MR) is 57.8 cm³/mol. The lowest BCUT2D eigenvalue weighted by Gasteiger charge is -1.98. The summed E-state index contributed by atoms with van der Waals surface area (Å²) in [5.74, 6) is -0.334. The van der Waals surface area contributed by atoms with Crippen molar-refractivity contribution >= 4 is 17.6 Å². The highest BCUT2D eigenvalue weighted by molar-refractivity contribution is 5.94. The number of hydrogen-bond donors (Lipinski definition) is 2. The zero-order valence-corrected chi connectivity index (χ0v) is 8.60. The van der Waals surface area contributed by atoms with Crippen molar-refractivity contribution in [1.29, 1.82) is 0 Å². The van der Waals surface area contributed by atoms with Crippen LogP contribution < -0.4 is 0 Å². The number of carboxylic acids is 1. The van der Waals surface area contributed by atoms with Crippen LogP contribution in [0, 0.1) is 0 Å². The van der Waals surface area contributed by atoms with Crippen LogP contribution in [0.3, 0.4) is 0 Å². The lowest BCUT2D eigenvalue weighted by Crippen LogP contribution is -1.98. The maximum Gasteiger partial charge on any atom is 0.339 e. The van der Waals surface area contributed by atoms with Crippen molar-refractivity contribution in [3.63, 3.8) is 0 Å². The molecule has 82 valence electrons. The number of allylic oxidation sites excluding steroid dienone is 1. The van der Waals surface area contributed by atoms with Crippen LogP contribution in [-0.4, -0.2) is 21.3 Å². The van der Waals surface area contributed by atoms with Crippen molar-refractivity contribution < 1.29 is 14.3 Å². The first-order chi connectivity index (χ1) is 7.68. The van der Waals surface area contributed by atoms with Gasteiger partial charge in [0.2, 0.25) is 0 Å². The van der Waals surface area contributed by atoms with Crippen LogP contribution in [0.25, 0.3) is 11.6 Å². The molecule has 2 heterocycles. The van der Waals surface area contributed by atoms with Gasteiger partial charge in [-0.1, -0.05) is 0 Å². The number of furan rings is 1. The topological polar surface area (TPSA) is 79.1 Å². The van der Waals surface area contributed by atoms with Crippen LogP contribution in [0.15, 0.2) is 29.0 Å². The largest absolute Gasteiger partial charge is 0.478 e. The highest BCUT2D eigenvalue weighted by atomic mass is 16.4. The Balaban J connectivity index is 2.37. The summed E-state index contributed by atoms with van der Waals surface area (Å²) < 4.78 is 5.14. The molecule has 16 heavy (non-hydrogen) atoms. The summed E-state index contributed by atoms with van der Waals surface area (Å²) in [6.45, 7) is 1.79. The normalized spacial score (nSPS) is 11.7. The SMILES string of the molecule is C/C(=C/c1ccco1)c1[nH]ncc1C(=O)O. The Hall–Kier alpha value is -2.30. The molecule has 0 radical (unpaired) electrons. The minimum atomic E-state index is -1.00. The second-order valence-electron chi connectivity index (χ2n) is 3.31. The van der Waals surface area contributed by atoms with E-state index in [9.17, 15) is 4.79 Å². The van der Waals surface area contributed by atoms with E-state index in [0.29, 0.717) is 11.5 Å². The van der Waals surface area contributed by atoms with Gasteiger partial charge >= 0.3 is 5.97 Å². The van der Waals surface area contributed by atoms with Crippen molar-refractivity contribution in [3.8, 4) is 0 Å². The molecule has 0 aliphatic carbocycles. The average molecular weight is 218 g/mol. The summed E-state index contributed by atoms with van der Waals surface area (Å²) in [6, 6.07) is 3.56. The Morgan fingerprint density at radius 2 is 2.44 bits per heavy atom. The zero-order valence-electron chi connectivity index (χ0n) is 8.60. The van der Waals surface area contributed by atoms with Gasteiger partial charge in [0.25, 0.3) is 0 Å². The Kier molecular flexibility index (Phi) is 2.59. The van der Waals surface area contributed by atoms with Gasteiger partial charge in [-0.15, -0.1) is 0 Å². The molecule has 2 N–H and O–H groups in total. The van der Waals surface area contributed by atoms with Gasteiger partial charge in [-0.3, -0.25) is 5.10 Å². The minimum absolute atomic E-state index is 0.153. The first-order valence-corrected chi connectivity index (χ1v) is 4.67. The van der Waals surface area contributed by atoms with E-state index in [1.807, 2.05) is 0 Å². The number of H-pyrrole nitrogens is 1. The molecule has 2 rings (SSSR count). The molecule has 0 saturated heterocycles. The molecule has 0 saturated carbocycles. The van der Waals surface area contributed by atoms with Crippen LogP contribution in [0.5, 0.6) is 0 Å². The predicted octanol–water partition coefficient (Wildman–Crippen LogP) is 2.26. The average Bonchev–Trinajstić information content (AvgIpc) is 2.86. The second kappa shape index (κ2) is 4.06. The van der Waals surface area contributed by atoms with Gasteiger partial charge in [-0.25, -0.2) is 4.79 Å². The van der Waals surface area contributed by atoms with Crippen molar-refractivity contribution in [1.82, 2.24) is 10.2 Å². The third kappa shape index (κ3) is 1.88. The van der Waals surface area contributed by atoms with Crippen LogP contribution in [-0.2, 0) is 0 Å². The lowest BCUT2D eigenvalue weighted by molar-refractivity contribution is 0.0696. The molecule has 0 atom stereocenters. The molecular formula is C11H10N2O3. The Morgan fingerprint density at radius 3 is 3.06 bits per heavy atom. The molecule has 5 heteroatoms. The second-order valence-corrected chi connectivity index (χ2v) is 3.31. The van der Waals surface area contributed by atoms with Crippen LogP contribution in [0.4, 0.5) is 0 Å². The standard InChI is InChI=1S/C11H10N2O3/c1-7(5-8-3-2-4-16-8)10-9(11(14)15)6-12-13-10/h2-6H,1H3,(H,12,13)(H,14,15)/b7-5-. The highest BCUT2D eigenvalue weighted by Crippen LogP contribution is 2.19. The maximum absolute atomic E-state index is 10.9. The summed E-state index contributed by atoms with van der Waals surface area (Å²) in [6.07, 6.45) is 4.60. The molecule has 0 bridgehead atoms. The number of aromatic carboxylic acids is 1. The van der Waals surface area contributed by atoms with Gasteiger partial charge in [-0.05, 0) is 30.7 Å². The van der Waals surface area contributed by atoms with Gasteiger partial charge in [0.1, 0.15) is 11.3 Å². The molecule has 0 amide bonds. The smallest absolute Gasteiger partial charge is 0.339 e. The summed E-state index contributed by atoms with van der Waals surface area (Å²) in [5.41, 5.74) is 1.40. The minimum Gasteiger partial charge on any atom is -0.478 e. The van der Waals surface area contributed by atoms with E-state index in [1.165, 1.54) is 6.20 Å². The molecule has 0 aliphatic rings. The van der Waals surface area contributed by atoms with E-state index in [2.05, 4.69) is 10.2 Å². The number of nitrogens with zero attached hydrogens (tertiary/aromatic N) is 1. The van der Waals surface area contributed by atoms with Gasteiger partial charge in [0, 0.05) is 0 Å². The van der Waals surface area contributed by atoms with Crippen molar-refractivity contribution in [3.05, 3.63) is 41.6 Å². The molecular weight excluding hydrogens is 208 g/mol. The van der Waals surface area contributed by atoms with Gasteiger partial charge in [0.15, 0.2) is 0 Å². The van der Waals surface area contributed by atoms with Crippen molar-refractivity contribution in [2.24, 2.45) is 0 Å². The first-order valence-electron chi connectivity index (χ1n) is 4.67. The van der Waals surface area contributed by atoms with E-state index in [0.717, 1.165) is 5.57 Å². The number of nitrogens with one attached hydrogen (secondary N) is 1. The third-order valence-electron chi connectivity index (χ3n) is 2.17. The summed E-state index contributed by atoms with van der Waals surface area (Å²) in [7, 11) is 0. The number of carbonyl (C=O) groups is 1. The summed E-state index contributed by atoms with van der Waals surface area (Å²) >= 11 is 0. The van der Waals surface area contributed by atoms with Crippen LogP contribution in [0.1, 0.15) is 28.7 Å². The molecule has 0 fully saturated rings. The Morgan fingerprint density at radius 1 is 1.62 bits per heavy atom. The van der Waals surface area contributed by atoms with Gasteiger partial charge < -0.3 is 9.52 Å². The third-order valence-corrected chi connectivity index (χ3v) is 2.17. The van der Waals surface area contributed by atoms with Gasteiger partial charge in [-0.2, -0.15) is 5.10 Å². The fraction of sp³-hybridized carbons (Fsp3) is 0.0909. The maximum atomic E-state index is 10.9. The number of aromatic amines is 1. The molecule has 0 aromatic carbocycles. The monoisotopic (exact) mass is 218 g/mol. The molecule has 0 unspecified atom stereocenters. The quantitative estimate of drug-likeness (QED) is 0.828. The zero-order chi connectivity index (χ0) is 11.5. The molecule has 5 nitrogen and oxygen atoms in total. The van der Waals surface area contributed by atoms with Gasteiger partial charge in [0.05, 0.1) is 18.2 Å². The summed E-state index contributed by atoms with van der Waals surface area (Å²) in [5, 5.41) is 15.3. The molecule has 0 aliphatic heterocycles. The molecule has 2 aromatic rings. The van der Waals surface area contributed by atoms with E-state index >= 15 is 0 Å². The number of aromatic nitrogens is 2. The number of rotatable bonds is 3. The molecule has 0 spiro atoms. The van der Waals surface area contributed by atoms with E-state index < -0.39 is 5.97 Å². The summed E-state index contributed by atoms with van der Waals surface area (Å²) in [4.78, 5) is 10.9. The van der Waals surface area contributed by atoms with E-state index in [-0.39, 0.29) is 5.56 Å². The lowest BCUT2D eigenvalue weighted by atomic mass is 10.1. The van der Waals surface area contributed by atoms with E-state index in [4.69, 9.17) is 9.52 Å². The molecule has 2 aromatic heterocycles. The Labute approximate surface area is 91.4 Å². The number of carboxylic acid groups (broad SMARTS) is 1.